The predicted molar refractivity (Wildman–Crippen MR) is 136 cm³/mol. The van der Waals surface area contributed by atoms with E-state index in [9.17, 15) is 0 Å². The number of thioether (sulfide) groups is 1. The van der Waals surface area contributed by atoms with Gasteiger partial charge < -0.3 is 25.2 Å². The molecule has 3 aliphatic rings. The number of likely N-dealkylation sites (tertiary alicyclic amines) is 1. The van der Waals surface area contributed by atoms with Crippen molar-refractivity contribution in [3.63, 3.8) is 0 Å². The summed E-state index contributed by atoms with van der Waals surface area (Å²) in [6.07, 6.45) is 5.35. The SMILES string of the molecule is CN1CC2CN(c3ccc(-c4cc5nccnc5c(NCSC5CNCCO5)n4)cn3)CC2C1. The molecule has 0 saturated carbocycles. The van der Waals surface area contributed by atoms with E-state index in [0.717, 1.165) is 78.5 Å². The van der Waals surface area contributed by atoms with Gasteiger partial charge in [-0.15, -0.1) is 11.8 Å². The number of ether oxygens (including phenoxy) is 1. The van der Waals surface area contributed by atoms with Crippen molar-refractivity contribution in [2.24, 2.45) is 11.8 Å². The molecule has 3 aromatic heterocycles. The fourth-order valence-corrected chi connectivity index (χ4v) is 6.07. The highest BCUT2D eigenvalue weighted by Gasteiger charge is 2.39. The highest BCUT2D eigenvalue weighted by Crippen LogP contribution is 2.33. The summed E-state index contributed by atoms with van der Waals surface area (Å²) in [4.78, 5) is 23.6. The third-order valence-corrected chi connectivity index (χ3v) is 7.88. The minimum Gasteiger partial charge on any atom is -0.365 e. The van der Waals surface area contributed by atoms with Crippen LogP contribution in [0.5, 0.6) is 0 Å². The largest absolute Gasteiger partial charge is 0.365 e. The Bertz CT molecular complexity index is 1130. The molecule has 34 heavy (non-hydrogen) atoms. The molecule has 3 aromatic rings. The number of aromatic nitrogens is 4. The molecule has 6 heterocycles. The van der Waals surface area contributed by atoms with Crippen molar-refractivity contribution in [3.05, 3.63) is 36.8 Å². The Labute approximate surface area is 203 Å². The maximum Gasteiger partial charge on any atom is 0.155 e. The van der Waals surface area contributed by atoms with Gasteiger partial charge in [-0.1, -0.05) is 0 Å². The summed E-state index contributed by atoms with van der Waals surface area (Å²) < 4.78 is 5.78. The third kappa shape index (κ3) is 4.55. The van der Waals surface area contributed by atoms with Crippen LogP contribution in [0.2, 0.25) is 0 Å². The molecule has 178 valence electrons. The van der Waals surface area contributed by atoms with E-state index < -0.39 is 0 Å². The molecular formula is C24H30N8OS. The van der Waals surface area contributed by atoms with Crippen LogP contribution >= 0.6 is 11.8 Å². The van der Waals surface area contributed by atoms with Crippen molar-refractivity contribution in [1.82, 2.24) is 30.2 Å². The minimum absolute atomic E-state index is 0.143. The van der Waals surface area contributed by atoms with Crippen LogP contribution in [-0.2, 0) is 4.74 Å². The first-order valence-corrected chi connectivity index (χ1v) is 13.0. The Morgan fingerprint density at radius 2 is 1.97 bits per heavy atom. The van der Waals surface area contributed by atoms with Gasteiger partial charge in [0.1, 0.15) is 16.8 Å². The molecule has 0 aliphatic carbocycles. The average molecular weight is 479 g/mol. The number of anilines is 2. The van der Waals surface area contributed by atoms with Crippen molar-refractivity contribution in [2.45, 2.75) is 5.44 Å². The van der Waals surface area contributed by atoms with Crippen LogP contribution in [0.25, 0.3) is 22.3 Å². The van der Waals surface area contributed by atoms with Crippen LogP contribution in [0.15, 0.2) is 36.8 Å². The zero-order chi connectivity index (χ0) is 22.9. The lowest BCUT2D eigenvalue weighted by Gasteiger charge is -2.23. The van der Waals surface area contributed by atoms with E-state index in [1.807, 2.05) is 12.3 Å². The van der Waals surface area contributed by atoms with E-state index in [2.05, 4.69) is 49.6 Å². The van der Waals surface area contributed by atoms with Crippen LogP contribution in [0.4, 0.5) is 11.6 Å². The van der Waals surface area contributed by atoms with E-state index in [0.29, 0.717) is 5.88 Å². The fourth-order valence-electron chi connectivity index (χ4n) is 5.23. The standard InChI is InChI=1S/C24H30N8OS/c1-31-11-17-13-32(14-18(17)12-31)21-3-2-16(9-28-21)19-8-20-23(27-5-4-26-20)24(30-19)29-15-34-22-10-25-6-7-33-22/h2-5,8-9,17-18,22,25H,6-7,10-15H2,1H3,(H,29,30). The summed E-state index contributed by atoms with van der Waals surface area (Å²) in [5.41, 5.74) is 3.55. The molecule has 6 rings (SSSR count). The van der Waals surface area contributed by atoms with E-state index >= 15 is 0 Å². The highest BCUT2D eigenvalue weighted by molar-refractivity contribution is 7.99. The maximum absolute atomic E-state index is 5.78. The van der Waals surface area contributed by atoms with Gasteiger partial charge in [-0.25, -0.2) is 15.0 Å². The minimum atomic E-state index is 0.143. The van der Waals surface area contributed by atoms with Crippen LogP contribution in [0.1, 0.15) is 0 Å². The highest BCUT2D eigenvalue weighted by atomic mass is 32.2. The second kappa shape index (κ2) is 9.61. The van der Waals surface area contributed by atoms with Gasteiger partial charge in [0.05, 0.1) is 23.7 Å². The van der Waals surface area contributed by atoms with Crippen LogP contribution in [0, 0.1) is 11.8 Å². The van der Waals surface area contributed by atoms with Gasteiger partial charge in [0, 0.05) is 63.4 Å². The predicted octanol–water partition coefficient (Wildman–Crippen LogP) is 2.13. The van der Waals surface area contributed by atoms with Gasteiger partial charge in [-0.05, 0) is 37.1 Å². The molecular weight excluding hydrogens is 448 g/mol. The van der Waals surface area contributed by atoms with Crippen LogP contribution in [0.3, 0.4) is 0 Å². The quantitative estimate of drug-likeness (QED) is 0.514. The average Bonchev–Trinajstić information content (AvgIpc) is 3.42. The van der Waals surface area contributed by atoms with E-state index in [-0.39, 0.29) is 5.44 Å². The Balaban J connectivity index is 1.19. The molecule has 3 saturated heterocycles. The summed E-state index contributed by atoms with van der Waals surface area (Å²) in [6.45, 7) is 7.09. The van der Waals surface area contributed by atoms with Gasteiger partial charge in [0.15, 0.2) is 5.82 Å². The third-order valence-electron chi connectivity index (χ3n) is 6.90. The molecule has 0 bridgehead atoms. The first kappa shape index (κ1) is 22.0. The van der Waals surface area contributed by atoms with Crippen molar-refractivity contribution in [1.29, 1.82) is 0 Å². The summed E-state index contributed by atoms with van der Waals surface area (Å²) >= 11 is 1.72. The Morgan fingerprint density at radius 1 is 1.12 bits per heavy atom. The van der Waals surface area contributed by atoms with Crippen molar-refractivity contribution in [2.75, 3.05) is 69.0 Å². The Morgan fingerprint density at radius 3 is 2.74 bits per heavy atom. The second-order valence-corrected chi connectivity index (χ2v) is 10.5. The van der Waals surface area contributed by atoms with Gasteiger partial charge >= 0.3 is 0 Å². The van der Waals surface area contributed by atoms with Gasteiger partial charge in [0.2, 0.25) is 0 Å². The Kier molecular flexibility index (Phi) is 6.21. The molecule has 0 amide bonds. The number of pyridine rings is 2. The lowest BCUT2D eigenvalue weighted by molar-refractivity contribution is 0.0853. The van der Waals surface area contributed by atoms with Crippen LogP contribution < -0.4 is 15.5 Å². The second-order valence-electron chi connectivity index (χ2n) is 9.32. The van der Waals surface area contributed by atoms with E-state index in [1.165, 1.54) is 13.1 Å². The summed E-state index contributed by atoms with van der Waals surface area (Å²) in [5, 5.41) is 6.79. The van der Waals surface area contributed by atoms with E-state index in [4.69, 9.17) is 14.7 Å². The zero-order valence-corrected chi connectivity index (χ0v) is 20.2. The maximum atomic E-state index is 5.78. The molecule has 3 atom stereocenters. The molecule has 0 aromatic carbocycles. The first-order valence-electron chi connectivity index (χ1n) is 11.9. The number of morpholine rings is 1. The lowest BCUT2D eigenvalue weighted by Crippen LogP contribution is -2.37. The fraction of sp³-hybridized carbons (Fsp3) is 0.500. The van der Waals surface area contributed by atoms with E-state index in [1.54, 1.807) is 24.2 Å². The zero-order valence-electron chi connectivity index (χ0n) is 19.4. The van der Waals surface area contributed by atoms with Gasteiger partial charge in [0.25, 0.3) is 0 Å². The van der Waals surface area contributed by atoms with Gasteiger partial charge in [-0.3, -0.25) is 4.98 Å². The van der Waals surface area contributed by atoms with Crippen molar-refractivity contribution in [3.8, 4) is 11.3 Å². The monoisotopic (exact) mass is 478 g/mol. The normalized spacial score (nSPS) is 25.1. The van der Waals surface area contributed by atoms with Crippen molar-refractivity contribution < 1.29 is 4.74 Å². The number of hydrogen-bond donors (Lipinski definition) is 2. The molecule has 3 aliphatic heterocycles. The topological polar surface area (TPSA) is 91.3 Å². The molecule has 3 unspecified atom stereocenters. The summed E-state index contributed by atoms with van der Waals surface area (Å²) in [7, 11) is 2.22. The number of nitrogens with zero attached hydrogens (tertiary/aromatic N) is 6. The lowest BCUT2D eigenvalue weighted by atomic mass is 10.0. The number of rotatable bonds is 6. The number of hydrogen-bond acceptors (Lipinski definition) is 10. The Hall–Kier alpha value is -2.53. The summed E-state index contributed by atoms with van der Waals surface area (Å²) in [6, 6.07) is 6.23. The molecule has 9 nitrogen and oxygen atoms in total. The van der Waals surface area contributed by atoms with Crippen LogP contribution in [-0.4, -0.2) is 89.1 Å². The molecule has 3 fully saturated rings. The molecule has 0 radical (unpaired) electrons. The number of fused-ring (bicyclic) bond motifs is 2. The molecule has 0 spiro atoms. The number of nitrogens with one attached hydrogen (secondary N) is 2. The molecule has 2 N–H and O–H groups in total. The first-order chi connectivity index (χ1) is 16.7. The summed E-state index contributed by atoms with van der Waals surface area (Å²) in [5.74, 6) is 3.98. The van der Waals surface area contributed by atoms with Crippen molar-refractivity contribution >= 4 is 34.4 Å². The van der Waals surface area contributed by atoms with Gasteiger partial charge in [-0.2, -0.15) is 0 Å². The smallest absolute Gasteiger partial charge is 0.155 e. The molecule has 10 heteroatoms.